The lowest BCUT2D eigenvalue weighted by molar-refractivity contribution is -0.142. The Morgan fingerprint density at radius 1 is 1.46 bits per heavy atom. The van der Waals surface area contributed by atoms with Crippen LogP contribution in [-0.2, 0) is 9.53 Å². The lowest BCUT2D eigenvalue weighted by atomic mass is 9.74. The van der Waals surface area contributed by atoms with E-state index in [0.29, 0.717) is 6.42 Å². The SMILES string of the molecule is COC(=O)C[C@@H]1C=CC=CC1(C)C. The maximum Gasteiger partial charge on any atom is 0.306 e. The van der Waals surface area contributed by atoms with E-state index in [2.05, 4.69) is 30.7 Å². The number of hydrogen-bond acceptors (Lipinski definition) is 2. The quantitative estimate of drug-likeness (QED) is 0.609. The lowest BCUT2D eigenvalue weighted by Crippen LogP contribution is -2.24. The van der Waals surface area contributed by atoms with Gasteiger partial charge in [0.2, 0.25) is 0 Å². The van der Waals surface area contributed by atoms with Crippen molar-refractivity contribution in [3.8, 4) is 0 Å². The first-order valence-electron chi connectivity index (χ1n) is 4.49. The van der Waals surface area contributed by atoms with Gasteiger partial charge < -0.3 is 4.74 Å². The van der Waals surface area contributed by atoms with Gasteiger partial charge in [-0.25, -0.2) is 0 Å². The Morgan fingerprint density at radius 3 is 2.69 bits per heavy atom. The van der Waals surface area contributed by atoms with Crippen LogP contribution in [0.4, 0.5) is 0 Å². The Bertz CT molecular complexity index is 249. The predicted octanol–water partition coefficient (Wildman–Crippen LogP) is 2.32. The monoisotopic (exact) mass is 180 g/mol. The molecule has 0 saturated heterocycles. The van der Waals surface area contributed by atoms with E-state index in [0.717, 1.165) is 0 Å². The number of allylic oxidation sites excluding steroid dienone is 4. The van der Waals surface area contributed by atoms with Crippen molar-refractivity contribution >= 4 is 5.97 Å². The summed E-state index contributed by atoms with van der Waals surface area (Å²) in [5.74, 6) is 0.114. The molecule has 1 rings (SSSR count). The minimum atomic E-state index is -0.141. The Balaban J connectivity index is 2.64. The van der Waals surface area contributed by atoms with Gasteiger partial charge in [-0.05, 0) is 11.3 Å². The molecular weight excluding hydrogens is 164 g/mol. The molecule has 0 aliphatic heterocycles. The minimum Gasteiger partial charge on any atom is -0.469 e. The topological polar surface area (TPSA) is 26.3 Å². The zero-order valence-electron chi connectivity index (χ0n) is 8.41. The summed E-state index contributed by atoms with van der Waals surface area (Å²) < 4.78 is 4.65. The molecule has 0 aromatic carbocycles. The Morgan fingerprint density at radius 2 is 2.15 bits per heavy atom. The lowest BCUT2D eigenvalue weighted by Gasteiger charge is -2.30. The van der Waals surface area contributed by atoms with E-state index in [1.807, 2.05) is 12.2 Å². The molecule has 0 spiro atoms. The van der Waals surface area contributed by atoms with Crippen molar-refractivity contribution < 1.29 is 9.53 Å². The summed E-state index contributed by atoms with van der Waals surface area (Å²) in [6, 6.07) is 0. The number of esters is 1. The molecule has 13 heavy (non-hydrogen) atoms. The molecule has 0 amide bonds. The fourth-order valence-corrected chi connectivity index (χ4v) is 1.47. The van der Waals surface area contributed by atoms with Gasteiger partial charge in [0.25, 0.3) is 0 Å². The van der Waals surface area contributed by atoms with Gasteiger partial charge in [-0.3, -0.25) is 4.79 Å². The van der Waals surface area contributed by atoms with E-state index in [-0.39, 0.29) is 17.3 Å². The summed E-state index contributed by atoms with van der Waals surface area (Å²) in [4.78, 5) is 11.1. The van der Waals surface area contributed by atoms with Crippen LogP contribution >= 0.6 is 0 Å². The molecular formula is C11H16O2. The second-order valence-corrected chi connectivity index (χ2v) is 3.95. The van der Waals surface area contributed by atoms with E-state index in [4.69, 9.17) is 0 Å². The van der Waals surface area contributed by atoms with Crippen LogP contribution in [0.3, 0.4) is 0 Å². The maximum atomic E-state index is 11.1. The average molecular weight is 180 g/mol. The van der Waals surface area contributed by atoms with Crippen LogP contribution in [-0.4, -0.2) is 13.1 Å². The highest BCUT2D eigenvalue weighted by Crippen LogP contribution is 2.34. The van der Waals surface area contributed by atoms with Crippen molar-refractivity contribution in [3.63, 3.8) is 0 Å². The van der Waals surface area contributed by atoms with E-state index >= 15 is 0 Å². The highest BCUT2D eigenvalue weighted by molar-refractivity contribution is 5.70. The van der Waals surface area contributed by atoms with Crippen LogP contribution in [0.1, 0.15) is 20.3 Å². The van der Waals surface area contributed by atoms with Gasteiger partial charge in [0.15, 0.2) is 0 Å². The highest BCUT2D eigenvalue weighted by atomic mass is 16.5. The summed E-state index contributed by atoms with van der Waals surface area (Å²) in [6.07, 6.45) is 8.66. The van der Waals surface area contributed by atoms with Crippen molar-refractivity contribution in [1.29, 1.82) is 0 Å². The second kappa shape index (κ2) is 3.77. The van der Waals surface area contributed by atoms with Crippen LogP contribution in [0.2, 0.25) is 0 Å². The minimum absolute atomic E-state index is 0.0585. The molecule has 0 aromatic rings. The van der Waals surface area contributed by atoms with Crippen molar-refractivity contribution in [3.05, 3.63) is 24.3 Å². The number of carbonyl (C=O) groups is 1. The van der Waals surface area contributed by atoms with Gasteiger partial charge in [-0.15, -0.1) is 0 Å². The third-order valence-electron chi connectivity index (χ3n) is 2.55. The molecule has 1 atom stereocenters. The summed E-state index contributed by atoms with van der Waals surface area (Å²) in [5.41, 5.74) is 0.0585. The second-order valence-electron chi connectivity index (χ2n) is 3.95. The van der Waals surface area contributed by atoms with Crippen molar-refractivity contribution in [2.75, 3.05) is 7.11 Å². The standard InChI is InChI=1S/C11H16O2/c1-11(2)7-5-4-6-9(11)8-10(12)13-3/h4-7,9H,8H2,1-3H3/t9-/m0/s1. The predicted molar refractivity (Wildman–Crippen MR) is 52.2 cm³/mol. The van der Waals surface area contributed by atoms with E-state index in [9.17, 15) is 4.79 Å². The van der Waals surface area contributed by atoms with E-state index in [1.165, 1.54) is 7.11 Å². The fraction of sp³-hybridized carbons (Fsp3) is 0.545. The van der Waals surface area contributed by atoms with Crippen LogP contribution in [0.15, 0.2) is 24.3 Å². The first-order chi connectivity index (χ1) is 6.06. The molecule has 2 nitrogen and oxygen atoms in total. The molecule has 0 saturated carbocycles. The Kier molecular flexibility index (Phi) is 2.91. The first-order valence-corrected chi connectivity index (χ1v) is 4.49. The first kappa shape index (κ1) is 10.0. The molecule has 1 aliphatic rings. The zero-order valence-corrected chi connectivity index (χ0v) is 8.41. The third kappa shape index (κ3) is 2.44. The van der Waals surface area contributed by atoms with Gasteiger partial charge in [-0.1, -0.05) is 38.2 Å². The van der Waals surface area contributed by atoms with Gasteiger partial charge in [0.05, 0.1) is 13.5 Å². The van der Waals surface area contributed by atoms with E-state index in [1.54, 1.807) is 0 Å². The van der Waals surface area contributed by atoms with Crippen LogP contribution in [0.5, 0.6) is 0 Å². The molecule has 2 heteroatoms. The number of rotatable bonds is 2. The molecule has 72 valence electrons. The van der Waals surface area contributed by atoms with Gasteiger partial charge in [0.1, 0.15) is 0 Å². The summed E-state index contributed by atoms with van der Waals surface area (Å²) in [7, 11) is 1.43. The normalized spacial score (nSPS) is 24.4. The van der Waals surface area contributed by atoms with Crippen LogP contribution < -0.4 is 0 Å². The smallest absolute Gasteiger partial charge is 0.306 e. The van der Waals surface area contributed by atoms with Gasteiger partial charge in [0, 0.05) is 0 Å². The summed E-state index contributed by atoms with van der Waals surface area (Å²) >= 11 is 0. The van der Waals surface area contributed by atoms with Crippen LogP contribution in [0, 0.1) is 11.3 Å². The largest absolute Gasteiger partial charge is 0.469 e. The highest BCUT2D eigenvalue weighted by Gasteiger charge is 2.28. The van der Waals surface area contributed by atoms with Crippen molar-refractivity contribution in [2.45, 2.75) is 20.3 Å². The third-order valence-corrected chi connectivity index (χ3v) is 2.55. The fourth-order valence-electron chi connectivity index (χ4n) is 1.47. The van der Waals surface area contributed by atoms with Gasteiger partial charge in [-0.2, -0.15) is 0 Å². The Hall–Kier alpha value is -1.05. The number of methoxy groups -OCH3 is 1. The molecule has 0 heterocycles. The summed E-state index contributed by atoms with van der Waals surface area (Å²) in [5, 5.41) is 0. The molecule has 0 fully saturated rings. The van der Waals surface area contributed by atoms with Crippen molar-refractivity contribution in [2.24, 2.45) is 11.3 Å². The molecule has 1 aliphatic carbocycles. The maximum absolute atomic E-state index is 11.1. The Labute approximate surface area is 79.3 Å². The number of hydrogen-bond donors (Lipinski definition) is 0. The molecule has 0 radical (unpaired) electrons. The van der Waals surface area contributed by atoms with Crippen molar-refractivity contribution in [1.82, 2.24) is 0 Å². The zero-order chi connectivity index (χ0) is 9.90. The average Bonchev–Trinajstić information content (AvgIpc) is 2.08. The summed E-state index contributed by atoms with van der Waals surface area (Å²) in [6.45, 7) is 4.25. The van der Waals surface area contributed by atoms with Crippen LogP contribution in [0.25, 0.3) is 0 Å². The molecule has 0 unspecified atom stereocenters. The van der Waals surface area contributed by atoms with E-state index < -0.39 is 0 Å². The number of carbonyl (C=O) groups excluding carboxylic acids is 1. The van der Waals surface area contributed by atoms with Gasteiger partial charge >= 0.3 is 5.97 Å². The molecule has 0 bridgehead atoms. The number of ether oxygens (including phenoxy) is 1. The molecule has 0 N–H and O–H groups in total. The molecule has 0 aromatic heterocycles.